The monoisotopic (exact) mass is 303 g/mol. The molecule has 0 aliphatic carbocycles. The van der Waals surface area contributed by atoms with Crippen LogP contribution < -0.4 is 4.84 Å². The van der Waals surface area contributed by atoms with Gasteiger partial charge >= 0.3 is 0 Å². The summed E-state index contributed by atoms with van der Waals surface area (Å²) in [4.78, 5) is 5.99. The van der Waals surface area contributed by atoms with Crippen molar-refractivity contribution in [1.82, 2.24) is 5.06 Å². The van der Waals surface area contributed by atoms with Crippen LogP contribution in [-0.4, -0.2) is 17.0 Å². The van der Waals surface area contributed by atoms with Crippen LogP contribution in [0, 0.1) is 5.92 Å². The molecule has 21 heavy (non-hydrogen) atoms. The Morgan fingerprint density at radius 3 is 2.10 bits per heavy atom. The molecule has 1 atom stereocenters. The second kappa shape index (κ2) is 8.06. The van der Waals surface area contributed by atoms with Crippen LogP contribution in [-0.2, 0) is 6.54 Å². The van der Waals surface area contributed by atoms with Gasteiger partial charge in [-0.2, -0.15) is 0 Å². The molecule has 0 aromatic heterocycles. The number of alkyl halides is 1. The molecule has 0 N–H and O–H groups in total. The Hall–Kier alpha value is -1.51. The van der Waals surface area contributed by atoms with Crippen LogP contribution in [0.3, 0.4) is 0 Å². The summed E-state index contributed by atoms with van der Waals surface area (Å²) >= 11 is 6.42. The molecule has 0 fully saturated rings. The van der Waals surface area contributed by atoms with Gasteiger partial charge in [0.15, 0.2) is 0 Å². The fourth-order valence-electron chi connectivity index (χ4n) is 1.96. The second-order valence-corrected chi connectivity index (χ2v) is 6.03. The van der Waals surface area contributed by atoms with Crippen LogP contribution in [0.25, 0.3) is 0 Å². The van der Waals surface area contributed by atoms with Crippen LogP contribution in [0.15, 0.2) is 60.7 Å². The molecule has 0 spiro atoms. The van der Waals surface area contributed by atoms with E-state index in [4.69, 9.17) is 16.4 Å². The maximum Gasteiger partial charge on any atom is 0.147 e. The Bertz CT molecular complexity index is 474. The normalized spacial score (nSPS) is 12.6. The summed E-state index contributed by atoms with van der Waals surface area (Å²) in [7, 11) is 0. The van der Waals surface area contributed by atoms with Crippen LogP contribution in [0.5, 0.6) is 5.75 Å². The zero-order valence-electron chi connectivity index (χ0n) is 12.6. The maximum atomic E-state index is 6.42. The van der Waals surface area contributed by atoms with Crippen molar-refractivity contribution < 1.29 is 4.84 Å². The van der Waals surface area contributed by atoms with E-state index in [1.54, 1.807) is 0 Å². The van der Waals surface area contributed by atoms with Crippen LogP contribution in [0.4, 0.5) is 0 Å². The van der Waals surface area contributed by atoms with E-state index >= 15 is 0 Å². The Balaban J connectivity index is 2.06. The highest BCUT2D eigenvalue weighted by Crippen LogP contribution is 2.17. The molecule has 1 unspecified atom stereocenters. The Morgan fingerprint density at radius 2 is 1.52 bits per heavy atom. The maximum absolute atomic E-state index is 6.42. The van der Waals surface area contributed by atoms with Gasteiger partial charge in [-0.05, 0) is 23.6 Å². The summed E-state index contributed by atoms with van der Waals surface area (Å²) in [6.07, 6.45) is 0. The predicted octanol–water partition coefficient (Wildman–Crippen LogP) is 4.75. The smallest absolute Gasteiger partial charge is 0.147 e. The topological polar surface area (TPSA) is 12.5 Å². The van der Waals surface area contributed by atoms with E-state index in [9.17, 15) is 0 Å². The molecule has 2 aromatic carbocycles. The lowest BCUT2D eigenvalue weighted by atomic mass is 10.1. The van der Waals surface area contributed by atoms with Crippen LogP contribution >= 0.6 is 11.6 Å². The molecular weight excluding hydrogens is 282 g/mol. The largest absolute Gasteiger partial charge is 0.406 e. The first kappa shape index (κ1) is 15.9. The van der Waals surface area contributed by atoms with Crippen LogP contribution in [0.1, 0.15) is 19.4 Å². The number of para-hydroxylation sites is 1. The third-order valence-electron chi connectivity index (χ3n) is 3.28. The highest BCUT2D eigenvalue weighted by molar-refractivity contribution is 6.20. The summed E-state index contributed by atoms with van der Waals surface area (Å²) in [5.41, 5.74) is 1.21. The predicted molar refractivity (Wildman–Crippen MR) is 88.4 cm³/mol. The van der Waals surface area contributed by atoms with Gasteiger partial charge in [-0.3, -0.25) is 0 Å². The first-order valence-electron chi connectivity index (χ1n) is 7.31. The number of nitrogens with zero attached hydrogens (tertiary/aromatic N) is 1. The fourth-order valence-corrected chi connectivity index (χ4v) is 2.11. The zero-order valence-corrected chi connectivity index (χ0v) is 13.3. The summed E-state index contributed by atoms with van der Waals surface area (Å²) in [5, 5.41) is 1.99. The van der Waals surface area contributed by atoms with Gasteiger partial charge in [0.25, 0.3) is 0 Å². The molecule has 112 valence electrons. The van der Waals surface area contributed by atoms with E-state index in [-0.39, 0.29) is 5.38 Å². The Kier molecular flexibility index (Phi) is 6.09. The third kappa shape index (κ3) is 5.41. The highest BCUT2D eigenvalue weighted by atomic mass is 35.5. The average molecular weight is 304 g/mol. The Labute approximate surface area is 132 Å². The second-order valence-electron chi connectivity index (χ2n) is 5.47. The van der Waals surface area contributed by atoms with Crippen molar-refractivity contribution in [3.8, 4) is 5.75 Å². The lowest BCUT2D eigenvalue weighted by Crippen LogP contribution is -2.34. The van der Waals surface area contributed by atoms with Gasteiger partial charge in [0, 0.05) is 0 Å². The summed E-state index contributed by atoms with van der Waals surface area (Å²) in [6.45, 7) is 5.65. The van der Waals surface area contributed by atoms with Crippen molar-refractivity contribution in [2.75, 3.05) is 6.54 Å². The highest BCUT2D eigenvalue weighted by Gasteiger charge is 2.17. The van der Waals surface area contributed by atoms with Crippen molar-refractivity contribution in [1.29, 1.82) is 0 Å². The number of benzene rings is 2. The first-order valence-corrected chi connectivity index (χ1v) is 7.75. The molecule has 2 nitrogen and oxygen atoms in total. The molecule has 0 aliphatic heterocycles. The van der Waals surface area contributed by atoms with Gasteiger partial charge in [0.1, 0.15) is 5.75 Å². The summed E-state index contributed by atoms with van der Waals surface area (Å²) < 4.78 is 0. The standard InChI is InChI=1S/C18H22ClNO/c1-15(2)18(19)14-20(13-16-9-5-3-6-10-16)21-17-11-7-4-8-12-17/h3-12,15,18H,13-14H2,1-2H3. The van der Waals surface area contributed by atoms with Crippen molar-refractivity contribution in [3.05, 3.63) is 66.2 Å². The van der Waals surface area contributed by atoms with Gasteiger partial charge < -0.3 is 4.84 Å². The molecule has 0 radical (unpaired) electrons. The van der Waals surface area contributed by atoms with Gasteiger partial charge in [0.2, 0.25) is 0 Å². The Morgan fingerprint density at radius 1 is 0.952 bits per heavy atom. The number of halogens is 1. The minimum absolute atomic E-state index is 0.0532. The van der Waals surface area contributed by atoms with Gasteiger partial charge in [-0.25, -0.2) is 0 Å². The SMILES string of the molecule is CC(C)C(Cl)CN(Cc1ccccc1)Oc1ccccc1. The lowest BCUT2D eigenvalue weighted by molar-refractivity contribution is -0.0689. The van der Waals surface area contributed by atoms with E-state index in [0.717, 1.165) is 5.75 Å². The molecule has 2 rings (SSSR count). The fraction of sp³-hybridized carbons (Fsp3) is 0.333. The number of hydroxylamine groups is 2. The molecule has 0 bridgehead atoms. The lowest BCUT2D eigenvalue weighted by Gasteiger charge is -2.26. The quantitative estimate of drug-likeness (QED) is 0.541. The minimum Gasteiger partial charge on any atom is -0.406 e. The summed E-state index contributed by atoms with van der Waals surface area (Å²) in [6, 6.07) is 20.1. The van der Waals surface area contributed by atoms with Gasteiger partial charge in [-0.1, -0.05) is 62.4 Å². The van der Waals surface area contributed by atoms with E-state index < -0.39 is 0 Å². The van der Waals surface area contributed by atoms with Crippen molar-refractivity contribution in [2.45, 2.75) is 25.8 Å². The molecule has 0 saturated carbocycles. The molecule has 0 aliphatic rings. The minimum atomic E-state index is 0.0532. The summed E-state index contributed by atoms with van der Waals surface area (Å²) in [5.74, 6) is 1.24. The third-order valence-corrected chi connectivity index (χ3v) is 3.92. The van der Waals surface area contributed by atoms with Crippen molar-refractivity contribution in [2.24, 2.45) is 5.92 Å². The molecule has 3 heteroatoms. The number of rotatable bonds is 7. The van der Waals surface area contributed by atoms with Crippen molar-refractivity contribution >= 4 is 11.6 Å². The van der Waals surface area contributed by atoms with E-state index in [0.29, 0.717) is 19.0 Å². The van der Waals surface area contributed by atoms with Crippen LogP contribution in [0.2, 0.25) is 0 Å². The zero-order chi connectivity index (χ0) is 15.1. The van der Waals surface area contributed by atoms with Crippen molar-refractivity contribution in [3.63, 3.8) is 0 Å². The van der Waals surface area contributed by atoms with Gasteiger partial charge in [-0.15, -0.1) is 16.7 Å². The molecule has 2 aromatic rings. The number of hydrogen-bond acceptors (Lipinski definition) is 2. The molecule has 0 amide bonds. The molecule has 0 heterocycles. The first-order chi connectivity index (χ1) is 10.1. The van der Waals surface area contributed by atoms with Gasteiger partial charge in [0.05, 0.1) is 18.5 Å². The molecule has 0 saturated heterocycles. The average Bonchev–Trinajstić information content (AvgIpc) is 2.49. The number of hydrogen-bond donors (Lipinski definition) is 0. The van der Waals surface area contributed by atoms with E-state index in [1.807, 2.05) is 53.6 Å². The van der Waals surface area contributed by atoms with E-state index in [2.05, 4.69) is 26.0 Å². The molecular formula is C18H22ClNO. The van der Waals surface area contributed by atoms with E-state index in [1.165, 1.54) is 5.56 Å².